The number of benzene rings is 1. The molecule has 1 aliphatic rings. The van der Waals surface area contributed by atoms with Crippen LogP contribution in [0.15, 0.2) is 18.2 Å². The van der Waals surface area contributed by atoms with Gasteiger partial charge in [-0.25, -0.2) is 0 Å². The summed E-state index contributed by atoms with van der Waals surface area (Å²) in [6, 6.07) is 5.37. The predicted molar refractivity (Wildman–Crippen MR) is 78.2 cm³/mol. The van der Waals surface area contributed by atoms with E-state index in [0.29, 0.717) is 5.56 Å². The third-order valence-corrected chi connectivity index (χ3v) is 4.24. The molecule has 1 aromatic rings. The lowest BCUT2D eigenvalue weighted by molar-refractivity contribution is -0.385. The molecule has 21 heavy (non-hydrogen) atoms. The first-order valence-electron chi connectivity index (χ1n) is 7.09. The highest BCUT2D eigenvalue weighted by Crippen LogP contribution is 2.31. The minimum Gasteiger partial charge on any atom is -0.481 e. The second-order valence-electron chi connectivity index (χ2n) is 5.73. The number of carbonyl (C=O) groups is 1. The number of hydrogen-bond acceptors (Lipinski definition) is 4. The number of carboxylic acid groups (broad SMARTS) is 1. The SMILES string of the molecule is Cc1ccc(C(C)N2CCC(CC(=O)O)C2)cc1[N+](=O)[O-]. The summed E-state index contributed by atoms with van der Waals surface area (Å²) in [5.74, 6) is -0.592. The highest BCUT2D eigenvalue weighted by Gasteiger charge is 2.28. The van der Waals surface area contributed by atoms with Crippen molar-refractivity contribution in [3.8, 4) is 0 Å². The maximum atomic E-state index is 11.0. The van der Waals surface area contributed by atoms with Gasteiger partial charge in [0, 0.05) is 30.6 Å². The molecule has 0 aliphatic carbocycles. The van der Waals surface area contributed by atoms with E-state index in [0.717, 1.165) is 25.1 Å². The summed E-state index contributed by atoms with van der Waals surface area (Å²) in [5.41, 5.74) is 1.70. The smallest absolute Gasteiger partial charge is 0.303 e. The van der Waals surface area contributed by atoms with Gasteiger partial charge in [-0.3, -0.25) is 19.8 Å². The largest absolute Gasteiger partial charge is 0.481 e. The van der Waals surface area contributed by atoms with Gasteiger partial charge in [-0.1, -0.05) is 12.1 Å². The molecule has 0 radical (unpaired) electrons. The zero-order chi connectivity index (χ0) is 15.6. The Balaban J connectivity index is 2.10. The summed E-state index contributed by atoms with van der Waals surface area (Å²) in [5, 5.41) is 19.9. The lowest BCUT2D eigenvalue weighted by Gasteiger charge is -2.24. The van der Waals surface area contributed by atoms with E-state index < -0.39 is 5.97 Å². The zero-order valence-corrected chi connectivity index (χ0v) is 12.3. The van der Waals surface area contributed by atoms with Gasteiger partial charge in [-0.15, -0.1) is 0 Å². The topological polar surface area (TPSA) is 83.7 Å². The van der Waals surface area contributed by atoms with E-state index in [4.69, 9.17) is 5.11 Å². The Bertz CT molecular complexity index is 559. The monoisotopic (exact) mass is 292 g/mol. The van der Waals surface area contributed by atoms with Gasteiger partial charge in [-0.05, 0) is 38.3 Å². The number of aliphatic carboxylic acids is 1. The molecular weight excluding hydrogens is 272 g/mol. The third-order valence-electron chi connectivity index (χ3n) is 4.24. The second-order valence-corrected chi connectivity index (χ2v) is 5.73. The number of likely N-dealkylation sites (tertiary alicyclic amines) is 1. The zero-order valence-electron chi connectivity index (χ0n) is 12.3. The molecule has 1 heterocycles. The molecule has 2 rings (SSSR count). The second kappa shape index (κ2) is 6.22. The number of nitrogens with zero attached hydrogens (tertiary/aromatic N) is 2. The normalized spacial score (nSPS) is 20.4. The Morgan fingerprint density at radius 3 is 2.90 bits per heavy atom. The summed E-state index contributed by atoms with van der Waals surface area (Å²) >= 11 is 0. The number of aryl methyl sites for hydroxylation is 1. The van der Waals surface area contributed by atoms with Crippen LogP contribution in [0.3, 0.4) is 0 Å². The number of hydrogen-bond donors (Lipinski definition) is 1. The highest BCUT2D eigenvalue weighted by atomic mass is 16.6. The van der Waals surface area contributed by atoms with Crippen LogP contribution in [0, 0.1) is 23.0 Å². The highest BCUT2D eigenvalue weighted by molar-refractivity contribution is 5.67. The Hall–Kier alpha value is -1.95. The first kappa shape index (κ1) is 15.4. The quantitative estimate of drug-likeness (QED) is 0.666. The fourth-order valence-corrected chi connectivity index (χ4v) is 2.92. The summed E-state index contributed by atoms with van der Waals surface area (Å²) in [6.45, 7) is 5.30. The van der Waals surface area contributed by atoms with Crippen molar-refractivity contribution >= 4 is 11.7 Å². The van der Waals surface area contributed by atoms with Gasteiger partial charge < -0.3 is 5.11 Å². The van der Waals surface area contributed by atoms with Crippen molar-refractivity contribution in [2.45, 2.75) is 32.7 Å². The molecule has 2 atom stereocenters. The van der Waals surface area contributed by atoms with Crippen LogP contribution < -0.4 is 0 Å². The molecule has 6 heteroatoms. The van der Waals surface area contributed by atoms with Crippen LogP contribution in [0.2, 0.25) is 0 Å². The van der Waals surface area contributed by atoms with E-state index in [-0.39, 0.29) is 29.0 Å². The van der Waals surface area contributed by atoms with Crippen molar-refractivity contribution in [3.63, 3.8) is 0 Å². The average Bonchev–Trinajstić information content (AvgIpc) is 2.85. The van der Waals surface area contributed by atoms with Crippen molar-refractivity contribution in [1.82, 2.24) is 4.90 Å². The Labute approximate surface area is 123 Å². The first-order valence-corrected chi connectivity index (χ1v) is 7.09. The molecule has 1 saturated heterocycles. The third kappa shape index (κ3) is 3.58. The standard InChI is InChI=1S/C15H20N2O4/c1-10-3-4-13(8-14(10)17(20)21)11(2)16-6-5-12(9-16)7-15(18)19/h3-4,8,11-12H,5-7,9H2,1-2H3,(H,18,19). The molecule has 2 unspecified atom stereocenters. The molecule has 1 aromatic carbocycles. The van der Waals surface area contributed by atoms with Gasteiger partial charge in [0.05, 0.1) is 4.92 Å². The summed E-state index contributed by atoms with van der Waals surface area (Å²) in [4.78, 5) is 23.6. The van der Waals surface area contributed by atoms with Gasteiger partial charge in [0.15, 0.2) is 0 Å². The van der Waals surface area contributed by atoms with Crippen LogP contribution in [-0.4, -0.2) is 34.0 Å². The van der Waals surface area contributed by atoms with Gasteiger partial charge in [-0.2, -0.15) is 0 Å². The summed E-state index contributed by atoms with van der Waals surface area (Å²) in [6.07, 6.45) is 1.06. The Kier molecular flexibility index (Phi) is 4.57. The van der Waals surface area contributed by atoms with Crippen molar-refractivity contribution in [2.24, 2.45) is 5.92 Å². The minimum atomic E-state index is -0.763. The fraction of sp³-hybridized carbons (Fsp3) is 0.533. The maximum Gasteiger partial charge on any atom is 0.303 e. The Morgan fingerprint density at radius 2 is 2.29 bits per heavy atom. The molecule has 1 N–H and O–H groups in total. The molecular formula is C15H20N2O4. The van der Waals surface area contributed by atoms with Crippen molar-refractivity contribution in [2.75, 3.05) is 13.1 Å². The average molecular weight is 292 g/mol. The number of nitro groups is 1. The summed E-state index contributed by atoms with van der Waals surface area (Å²) < 4.78 is 0. The first-order chi connectivity index (χ1) is 9.88. The van der Waals surface area contributed by atoms with Crippen LogP contribution in [0.4, 0.5) is 5.69 Å². The van der Waals surface area contributed by atoms with Gasteiger partial charge in [0.2, 0.25) is 0 Å². The van der Waals surface area contributed by atoms with E-state index >= 15 is 0 Å². The molecule has 0 saturated carbocycles. The van der Waals surface area contributed by atoms with Crippen molar-refractivity contribution < 1.29 is 14.8 Å². The molecule has 1 aliphatic heterocycles. The number of rotatable bonds is 5. The van der Waals surface area contributed by atoms with Crippen LogP contribution in [-0.2, 0) is 4.79 Å². The predicted octanol–water partition coefficient (Wildman–Crippen LogP) is 2.76. The van der Waals surface area contributed by atoms with E-state index in [1.807, 2.05) is 13.0 Å². The van der Waals surface area contributed by atoms with Crippen molar-refractivity contribution in [3.05, 3.63) is 39.4 Å². The molecule has 0 spiro atoms. The van der Waals surface area contributed by atoms with E-state index in [9.17, 15) is 14.9 Å². The fourth-order valence-electron chi connectivity index (χ4n) is 2.92. The lowest BCUT2D eigenvalue weighted by atomic mass is 10.0. The minimum absolute atomic E-state index is 0.0584. The van der Waals surface area contributed by atoms with Crippen LogP contribution in [0.1, 0.15) is 36.9 Å². The number of carboxylic acids is 1. The van der Waals surface area contributed by atoms with E-state index in [1.165, 1.54) is 0 Å². The van der Waals surface area contributed by atoms with Crippen LogP contribution in [0.25, 0.3) is 0 Å². The van der Waals surface area contributed by atoms with E-state index in [2.05, 4.69) is 4.90 Å². The Morgan fingerprint density at radius 1 is 1.57 bits per heavy atom. The molecule has 0 amide bonds. The lowest BCUT2D eigenvalue weighted by Crippen LogP contribution is -2.25. The van der Waals surface area contributed by atoms with E-state index in [1.54, 1.807) is 19.1 Å². The number of nitro benzene ring substituents is 1. The van der Waals surface area contributed by atoms with Gasteiger partial charge in [0.1, 0.15) is 0 Å². The molecule has 114 valence electrons. The van der Waals surface area contributed by atoms with Crippen LogP contribution in [0.5, 0.6) is 0 Å². The van der Waals surface area contributed by atoms with Crippen molar-refractivity contribution in [1.29, 1.82) is 0 Å². The molecule has 1 fully saturated rings. The van der Waals surface area contributed by atoms with Crippen LogP contribution >= 0.6 is 0 Å². The summed E-state index contributed by atoms with van der Waals surface area (Å²) in [7, 11) is 0. The van der Waals surface area contributed by atoms with Gasteiger partial charge in [0.25, 0.3) is 5.69 Å². The van der Waals surface area contributed by atoms with Gasteiger partial charge >= 0.3 is 5.97 Å². The molecule has 6 nitrogen and oxygen atoms in total. The molecule has 0 aromatic heterocycles. The maximum absolute atomic E-state index is 11.0. The molecule has 0 bridgehead atoms.